The van der Waals surface area contributed by atoms with Crippen LogP contribution in [0.25, 0.3) is 0 Å². The number of sulfone groups is 1. The van der Waals surface area contributed by atoms with Gasteiger partial charge in [0.25, 0.3) is 0 Å². The van der Waals surface area contributed by atoms with Crippen LogP contribution in [-0.2, 0) is 14.6 Å². The maximum atomic E-state index is 13.8. The van der Waals surface area contributed by atoms with Crippen LogP contribution in [0.3, 0.4) is 0 Å². The second kappa shape index (κ2) is 6.00. The van der Waals surface area contributed by atoms with Gasteiger partial charge in [0, 0.05) is 31.9 Å². The van der Waals surface area contributed by atoms with Crippen LogP contribution in [0.4, 0.5) is 4.39 Å². The average Bonchev–Trinajstić information content (AvgIpc) is 2.82. The zero-order valence-corrected chi connectivity index (χ0v) is 12.9. The maximum absolute atomic E-state index is 13.8. The number of hydrogen-bond acceptors (Lipinski definition) is 5. The number of ether oxygens (including phenoxy) is 1. The molecule has 0 aliphatic carbocycles. The Morgan fingerprint density at radius 3 is 2.76 bits per heavy atom. The van der Waals surface area contributed by atoms with E-state index in [0.29, 0.717) is 25.1 Å². The van der Waals surface area contributed by atoms with Crippen molar-refractivity contribution in [2.75, 3.05) is 26.0 Å². The molecule has 1 aromatic carbocycles. The monoisotopic (exact) mass is 317 g/mol. The predicted octanol–water partition coefficient (Wildman–Crippen LogP) is 1.03. The van der Waals surface area contributed by atoms with Gasteiger partial charge in [-0.15, -0.1) is 0 Å². The van der Waals surface area contributed by atoms with Crippen LogP contribution in [0.1, 0.15) is 24.9 Å². The van der Waals surface area contributed by atoms with Crippen molar-refractivity contribution in [1.29, 1.82) is 0 Å². The van der Waals surface area contributed by atoms with Gasteiger partial charge in [-0.25, -0.2) is 12.8 Å². The third-order valence-electron chi connectivity index (χ3n) is 3.68. The van der Waals surface area contributed by atoms with Crippen molar-refractivity contribution in [2.24, 2.45) is 0 Å². The summed E-state index contributed by atoms with van der Waals surface area (Å²) in [4.78, 5) is -0.304. The van der Waals surface area contributed by atoms with E-state index in [1.165, 1.54) is 12.1 Å². The standard InChI is InChI=1S/C14H20FNO4S/c1-10(16-8-14(17)5-6-20-9-14)11-3-4-13(12(15)7-11)21(2,18)19/h3-4,7,10,16-17H,5-6,8-9H2,1-2H3/t10-,14-/m0/s1. The highest BCUT2D eigenvalue weighted by atomic mass is 32.2. The van der Waals surface area contributed by atoms with E-state index in [4.69, 9.17) is 4.74 Å². The summed E-state index contributed by atoms with van der Waals surface area (Å²) < 4.78 is 41.7. The summed E-state index contributed by atoms with van der Waals surface area (Å²) in [5.74, 6) is -0.758. The van der Waals surface area contributed by atoms with E-state index in [2.05, 4.69) is 5.32 Å². The Kier molecular flexibility index (Phi) is 4.67. The lowest BCUT2D eigenvalue weighted by atomic mass is 10.0. The van der Waals surface area contributed by atoms with Gasteiger partial charge >= 0.3 is 0 Å². The minimum atomic E-state index is -3.56. The van der Waals surface area contributed by atoms with Gasteiger partial charge in [-0.05, 0) is 24.6 Å². The number of rotatable bonds is 5. The van der Waals surface area contributed by atoms with Crippen LogP contribution in [0.2, 0.25) is 0 Å². The summed E-state index contributed by atoms with van der Waals surface area (Å²) in [7, 11) is -3.56. The highest BCUT2D eigenvalue weighted by Gasteiger charge is 2.32. The van der Waals surface area contributed by atoms with Crippen molar-refractivity contribution in [3.8, 4) is 0 Å². The fraction of sp³-hybridized carbons (Fsp3) is 0.571. The minimum absolute atomic E-state index is 0.210. The van der Waals surface area contributed by atoms with Crippen molar-refractivity contribution in [3.05, 3.63) is 29.6 Å². The summed E-state index contributed by atoms with van der Waals surface area (Å²) in [5, 5.41) is 13.3. The Balaban J connectivity index is 2.06. The van der Waals surface area contributed by atoms with Crippen molar-refractivity contribution < 1.29 is 22.7 Å². The molecule has 1 fully saturated rings. The van der Waals surface area contributed by atoms with Gasteiger partial charge < -0.3 is 15.2 Å². The molecule has 2 N–H and O–H groups in total. The molecule has 0 saturated carbocycles. The Bertz CT molecular complexity index is 611. The van der Waals surface area contributed by atoms with E-state index in [1.807, 2.05) is 6.92 Å². The summed E-state index contributed by atoms with van der Waals surface area (Å²) in [6, 6.07) is 3.85. The molecule has 0 aromatic heterocycles. The van der Waals surface area contributed by atoms with E-state index in [9.17, 15) is 17.9 Å². The second-order valence-electron chi connectivity index (χ2n) is 5.59. The third-order valence-corrected chi connectivity index (χ3v) is 4.81. The zero-order chi connectivity index (χ0) is 15.7. The molecule has 0 unspecified atom stereocenters. The summed E-state index contributed by atoms with van der Waals surface area (Å²) in [6.45, 7) is 2.98. The lowest BCUT2D eigenvalue weighted by Crippen LogP contribution is -2.41. The summed E-state index contributed by atoms with van der Waals surface area (Å²) in [5.41, 5.74) is -0.262. The van der Waals surface area contributed by atoms with Gasteiger partial charge in [0.1, 0.15) is 16.3 Å². The molecule has 0 amide bonds. The molecule has 118 valence electrons. The van der Waals surface area contributed by atoms with Crippen LogP contribution in [-0.4, -0.2) is 45.1 Å². The van der Waals surface area contributed by atoms with E-state index < -0.39 is 21.3 Å². The molecule has 1 aromatic rings. The van der Waals surface area contributed by atoms with Crippen molar-refractivity contribution >= 4 is 9.84 Å². The van der Waals surface area contributed by atoms with E-state index in [0.717, 1.165) is 6.26 Å². The lowest BCUT2D eigenvalue weighted by Gasteiger charge is -2.24. The number of halogens is 1. The fourth-order valence-corrected chi connectivity index (χ4v) is 3.01. The molecule has 1 saturated heterocycles. The molecule has 2 atom stereocenters. The van der Waals surface area contributed by atoms with Crippen molar-refractivity contribution in [1.82, 2.24) is 5.32 Å². The van der Waals surface area contributed by atoms with E-state index in [1.54, 1.807) is 6.07 Å². The van der Waals surface area contributed by atoms with Crippen molar-refractivity contribution in [3.63, 3.8) is 0 Å². The third kappa shape index (κ3) is 4.00. The molecule has 1 aliphatic heterocycles. The van der Waals surface area contributed by atoms with Crippen molar-refractivity contribution in [2.45, 2.75) is 29.9 Å². The van der Waals surface area contributed by atoms with Gasteiger partial charge in [-0.1, -0.05) is 6.07 Å². The molecular formula is C14H20FNO4S. The normalized spacial score (nSPS) is 24.2. The highest BCUT2D eigenvalue weighted by molar-refractivity contribution is 7.90. The Morgan fingerprint density at radius 1 is 1.52 bits per heavy atom. The van der Waals surface area contributed by atoms with Gasteiger partial charge in [0.05, 0.1) is 6.61 Å². The maximum Gasteiger partial charge on any atom is 0.178 e. The quantitative estimate of drug-likeness (QED) is 0.848. The average molecular weight is 317 g/mol. The Morgan fingerprint density at radius 2 is 2.24 bits per heavy atom. The van der Waals surface area contributed by atoms with Gasteiger partial charge in [0.2, 0.25) is 0 Å². The van der Waals surface area contributed by atoms with Crippen LogP contribution in [0, 0.1) is 5.82 Å². The van der Waals surface area contributed by atoms with E-state index in [-0.39, 0.29) is 17.5 Å². The van der Waals surface area contributed by atoms with Gasteiger partial charge in [-0.2, -0.15) is 0 Å². The van der Waals surface area contributed by atoms with Gasteiger partial charge in [-0.3, -0.25) is 0 Å². The largest absolute Gasteiger partial charge is 0.386 e. The summed E-state index contributed by atoms with van der Waals surface area (Å²) >= 11 is 0. The molecule has 5 nitrogen and oxygen atoms in total. The number of benzene rings is 1. The SMILES string of the molecule is C[C@H](NC[C@@]1(O)CCOC1)c1ccc(S(C)(=O)=O)c(F)c1. The molecular weight excluding hydrogens is 297 g/mol. The number of hydrogen-bond donors (Lipinski definition) is 2. The fourth-order valence-electron chi connectivity index (χ4n) is 2.28. The first-order valence-electron chi connectivity index (χ1n) is 6.74. The number of nitrogens with one attached hydrogen (secondary N) is 1. The molecule has 1 aliphatic rings. The Hall–Kier alpha value is -1.02. The topological polar surface area (TPSA) is 75.6 Å². The lowest BCUT2D eigenvalue weighted by molar-refractivity contribution is 0.0252. The van der Waals surface area contributed by atoms with Crippen LogP contribution < -0.4 is 5.32 Å². The zero-order valence-electron chi connectivity index (χ0n) is 12.1. The second-order valence-corrected chi connectivity index (χ2v) is 7.58. The van der Waals surface area contributed by atoms with Crippen LogP contribution >= 0.6 is 0 Å². The molecule has 0 bridgehead atoms. The van der Waals surface area contributed by atoms with Crippen LogP contribution in [0.15, 0.2) is 23.1 Å². The highest BCUT2D eigenvalue weighted by Crippen LogP contribution is 2.22. The Labute approximate surface area is 124 Å². The summed E-state index contributed by atoms with van der Waals surface area (Å²) in [6.07, 6.45) is 1.54. The van der Waals surface area contributed by atoms with Crippen LogP contribution in [0.5, 0.6) is 0 Å². The first kappa shape index (κ1) is 16.4. The molecule has 2 rings (SSSR count). The van der Waals surface area contributed by atoms with Gasteiger partial charge in [0.15, 0.2) is 9.84 Å². The van der Waals surface area contributed by atoms with E-state index >= 15 is 0 Å². The molecule has 0 radical (unpaired) electrons. The number of aliphatic hydroxyl groups is 1. The first-order valence-corrected chi connectivity index (χ1v) is 8.63. The predicted molar refractivity (Wildman–Crippen MR) is 76.3 cm³/mol. The first-order chi connectivity index (χ1) is 9.71. The smallest absolute Gasteiger partial charge is 0.178 e. The molecule has 1 heterocycles. The molecule has 7 heteroatoms. The molecule has 0 spiro atoms. The minimum Gasteiger partial charge on any atom is -0.386 e. The molecule has 21 heavy (non-hydrogen) atoms.